The fraction of sp³-hybridized carbons (Fsp3) is 0.375. The third-order valence-corrected chi connectivity index (χ3v) is 4.56. The van der Waals surface area contributed by atoms with E-state index in [1.165, 1.54) is 0 Å². The minimum Gasteiger partial charge on any atom is -0.481 e. The van der Waals surface area contributed by atoms with Gasteiger partial charge in [0.25, 0.3) is 0 Å². The number of aryl methyl sites for hydroxylation is 1. The smallest absolute Gasteiger partial charge is 0.310 e. The molecule has 1 fully saturated rings. The highest BCUT2D eigenvalue weighted by atomic mass is 16.4. The fourth-order valence-electron chi connectivity index (χ4n) is 3.54. The molecule has 0 unspecified atom stereocenters. The molecule has 1 N–H and O–H groups in total. The van der Waals surface area contributed by atoms with Crippen molar-refractivity contribution in [2.45, 2.75) is 25.2 Å². The molecule has 3 rings (SSSR count). The molecule has 4 nitrogen and oxygen atoms in total. The van der Waals surface area contributed by atoms with Crippen LogP contribution in [0.4, 0.5) is 0 Å². The minimum atomic E-state index is -0.706. The van der Waals surface area contributed by atoms with Crippen LogP contribution in [0.2, 0.25) is 0 Å². The highest BCUT2D eigenvalue weighted by molar-refractivity contribution is 5.83. The number of rotatable bonds is 4. The second kappa shape index (κ2) is 4.47. The Morgan fingerprint density at radius 3 is 2.45 bits per heavy atom. The number of hydrogen-bond donors (Lipinski definition) is 1. The van der Waals surface area contributed by atoms with Crippen LogP contribution in [-0.4, -0.2) is 20.9 Å². The Hall–Kier alpha value is -2.10. The number of benzene rings is 1. The van der Waals surface area contributed by atoms with Crippen LogP contribution in [0.25, 0.3) is 0 Å². The van der Waals surface area contributed by atoms with Crippen LogP contribution in [-0.2, 0) is 11.8 Å². The SMILES string of the molecule is CC[C@@]1(C(=O)O)[C@@H](c2ccccc2)[C@@H]1c1cnn(C)c1. The van der Waals surface area contributed by atoms with Gasteiger partial charge in [0.15, 0.2) is 0 Å². The fourth-order valence-corrected chi connectivity index (χ4v) is 3.54. The summed E-state index contributed by atoms with van der Waals surface area (Å²) < 4.78 is 1.73. The molecule has 0 saturated heterocycles. The van der Waals surface area contributed by atoms with Gasteiger partial charge in [-0.1, -0.05) is 37.3 Å². The molecule has 1 aromatic heterocycles. The first-order chi connectivity index (χ1) is 9.61. The van der Waals surface area contributed by atoms with E-state index in [4.69, 9.17) is 0 Å². The van der Waals surface area contributed by atoms with Crippen molar-refractivity contribution in [1.29, 1.82) is 0 Å². The lowest BCUT2D eigenvalue weighted by atomic mass is 9.95. The van der Waals surface area contributed by atoms with Gasteiger partial charge in [0.2, 0.25) is 0 Å². The standard InChI is InChI=1S/C16H18N2O2/c1-3-16(15(19)20)13(11-7-5-4-6-8-11)14(16)12-9-17-18(2)10-12/h4-10,13-14H,3H2,1-2H3,(H,19,20)/t13-,14-,16+/m0/s1. The van der Waals surface area contributed by atoms with Crippen molar-refractivity contribution in [3.05, 3.63) is 53.9 Å². The largest absolute Gasteiger partial charge is 0.481 e. The second-order valence-electron chi connectivity index (χ2n) is 5.51. The van der Waals surface area contributed by atoms with Crippen molar-refractivity contribution in [2.75, 3.05) is 0 Å². The van der Waals surface area contributed by atoms with Crippen molar-refractivity contribution < 1.29 is 9.90 Å². The van der Waals surface area contributed by atoms with Crippen LogP contribution in [0.15, 0.2) is 42.7 Å². The van der Waals surface area contributed by atoms with E-state index in [0.29, 0.717) is 6.42 Å². The van der Waals surface area contributed by atoms with Crippen molar-refractivity contribution in [3.63, 3.8) is 0 Å². The van der Waals surface area contributed by atoms with Gasteiger partial charge >= 0.3 is 5.97 Å². The van der Waals surface area contributed by atoms with Gasteiger partial charge in [0.1, 0.15) is 0 Å². The first-order valence-corrected chi connectivity index (χ1v) is 6.88. The summed E-state index contributed by atoms with van der Waals surface area (Å²) in [4.78, 5) is 11.9. The Kier molecular flexibility index (Phi) is 2.89. The van der Waals surface area contributed by atoms with Crippen molar-refractivity contribution >= 4 is 5.97 Å². The molecule has 0 spiro atoms. The second-order valence-corrected chi connectivity index (χ2v) is 5.51. The van der Waals surface area contributed by atoms with Crippen molar-refractivity contribution in [1.82, 2.24) is 9.78 Å². The molecule has 1 aliphatic carbocycles. The van der Waals surface area contributed by atoms with Crippen LogP contribution in [0, 0.1) is 5.41 Å². The molecule has 1 aliphatic rings. The summed E-state index contributed by atoms with van der Waals surface area (Å²) in [5, 5.41) is 13.9. The maximum absolute atomic E-state index is 11.9. The number of hydrogen-bond acceptors (Lipinski definition) is 2. The lowest BCUT2D eigenvalue weighted by Crippen LogP contribution is -2.17. The maximum atomic E-state index is 11.9. The molecule has 2 aromatic rings. The van der Waals surface area contributed by atoms with Gasteiger partial charge in [0, 0.05) is 25.1 Å². The van der Waals surface area contributed by atoms with Gasteiger partial charge in [-0.25, -0.2) is 0 Å². The minimum absolute atomic E-state index is 0.0149. The quantitative estimate of drug-likeness (QED) is 0.929. The van der Waals surface area contributed by atoms with E-state index < -0.39 is 11.4 Å². The van der Waals surface area contributed by atoms with E-state index in [1.807, 2.05) is 50.5 Å². The molecule has 0 bridgehead atoms. The Bertz CT molecular complexity index is 635. The highest BCUT2D eigenvalue weighted by Crippen LogP contribution is 2.72. The summed E-state index contributed by atoms with van der Waals surface area (Å²) in [6, 6.07) is 9.94. The van der Waals surface area contributed by atoms with Gasteiger partial charge in [0.05, 0.1) is 11.6 Å². The Morgan fingerprint density at radius 2 is 1.95 bits per heavy atom. The predicted molar refractivity (Wildman–Crippen MR) is 75.5 cm³/mol. The normalized spacial score (nSPS) is 28.3. The van der Waals surface area contributed by atoms with E-state index in [0.717, 1.165) is 11.1 Å². The van der Waals surface area contributed by atoms with Crippen LogP contribution >= 0.6 is 0 Å². The molecule has 4 heteroatoms. The molecule has 3 atom stereocenters. The topological polar surface area (TPSA) is 55.1 Å². The van der Waals surface area contributed by atoms with E-state index in [1.54, 1.807) is 10.9 Å². The van der Waals surface area contributed by atoms with E-state index >= 15 is 0 Å². The van der Waals surface area contributed by atoms with Gasteiger partial charge in [-0.2, -0.15) is 5.10 Å². The number of aromatic nitrogens is 2. The zero-order valence-corrected chi connectivity index (χ0v) is 11.7. The van der Waals surface area contributed by atoms with E-state index in [2.05, 4.69) is 5.10 Å². The summed E-state index contributed by atoms with van der Waals surface area (Å²) >= 11 is 0. The van der Waals surface area contributed by atoms with E-state index in [9.17, 15) is 9.90 Å². The van der Waals surface area contributed by atoms with Crippen molar-refractivity contribution in [2.24, 2.45) is 12.5 Å². The molecule has 1 saturated carbocycles. The third-order valence-electron chi connectivity index (χ3n) is 4.56. The molecule has 20 heavy (non-hydrogen) atoms. The molecule has 1 heterocycles. The Morgan fingerprint density at radius 1 is 1.30 bits per heavy atom. The van der Waals surface area contributed by atoms with Crippen LogP contribution < -0.4 is 0 Å². The van der Waals surface area contributed by atoms with Crippen LogP contribution in [0.5, 0.6) is 0 Å². The summed E-state index contributed by atoms with van der Waals surface area (Å²) in [5.41, 5.74) is 1.43. The van der Waals surface area contributed by atoms with Gasteiger partial charge in [-0.15, -0.1) is 0 Å². The summed E-state index contributed by atoms with van der Waals surface area (Å²) in [7, 11) is 1.86. The number of nitrogens with zero attached hydrogens (tertiary/aromatic N) is 2. The first kappa shape index (κ1) is 12.9. The first-order valence-electron chi connectivity index (χ1n) is 6.88. The predicted octanol–water partition coefficient (Wildman–Crippen LogP) is 2.78. The van der Waals surface area contributed by atoms with E-state index in [-0.39, 0.29) is 11.8 Å². The summed E-state index contributed by atoms with van der Waals surface area (Å²) in [5.74, 6) is -0.654. The number of carboxylic acids is 1. The highest BCUT2D eigenvalue weighted by Gasteiger charge is 2.69. The monoisotopic (exact) mass is 270 g/mol. The molecular formula is C16H18N2O2. The van der Waals surface area contributed by atoms with Gasteiger partial charge < -0.3 is 5.11 Å². The average molecular weight is 270 g/mol. The Labute approximate surface area is 118 Å². The molecular weight excluding hydrogens is 252 g/mol. The molecule has 1 aromatic carbocycles. The van der Waals surface area contributed by atoms with Crippen molar-refractivity contribution in [3.8, 4) is 0 Å². The zero-order valence-electron chi connectivity index (χ0n) is 11.7. The lowest BCUT2D eigenvalue weighted by Gasteiger charge is -2.09. The number of carboxylic acid groups (broad SMARTS) is 1. The average Bonchev–Trinajstić information content (AvgIpc) is 2.98. The summed E-state index contributed by atoms with van der Waals surface area (Å²) in [6.07, 6.45) is 4.35. The van der Waals surface area contributed by atoms with Gasteiger partial charge in [-0.3, -0.25) is 9.48 Å². The molecule has 0 radical (unpaired) electrons. The van der Waals surface area contributed by atoms with Crippen LogP contribution in [0.3, 0.4) is 0 Å². The maximum Gasteiger partial charge on any atom is 0.310 e. The lowest BCUT2D eigenvalue weighted by molar-refractivity contribution is -0.143. The molecule has 0 amide bonds. The molecule has 104 valence electrons. The Balaban J connectivity index is 2.05. The zero-order chi connectivity index (χ0) is 14.3. The molecule has 0 aliphatic heterocycles. The van der Waals surface area contributed by atoms with Crippen LogP contribution in [0.1, 0.15) is 36.3 Å². The number of aliphatic carboxylic acids is 1. The third kappa shape index (κ3) is 1.68. The van der Waals surface area contributed by atoms with Gasteiger partial charge in [-0.05, 0) is 17.5 Å². The number of carbonyl (C=O) groups is 1. The summed E-state index contributed by atoms with van der Waals surface area (Å²) in [6.45, 7) is 1.96.